The van der Waals surface area contributed by atoms with Crippen molar-refractivity contribution >= 4 is 11.7 Å². The second kappa shape index (κ2) is 7.27. The zero-order valence-corrected chi connectivity index (χ0v) is 14.2. The Morgan fingerprint density at radius 3 is 2.39 bits per heavy atom. The molecule has 0 aliphatic carbocycles. The lowest BCUT2D eigenvalue weighted by atomic mass is 10.00. The number of nitrogens with zero attached hydrogens (tertiary/aromatic N) is 1. The number of hydrogen-bond acceptors (Lipinski definition) is 3. The number of rotatable bonds is 4. The van der Waals surface area contributed by atoms with Crippen LogP contribution in [-0.4, -0.2) is 48.3 Å². The molecule has 1 aliphatic rings. The largest absolute Gasteiger partial charge is 0.373 e. The Balaban J connectivity index is 1.85. The summed E-state index contributed by atoms with van der Waals surface area (Å²) in [5, 5.41) is 5.59. The monoisotopic (exact) mass is 323 g/mol. The third-order valence-electron chi connectivity index (χ3n) is 4.06. The molecule has 1 aliphatic heterocycles. The first kappa shape index (κ1) is 17.7. The first-order valence-electron chi connectivity index (χ1n) is 7.97. The maximum atomic E-state index is 12.9. The Bertz CT molecular complexity index is 523. The molecule has 2 atom stereocenters. The molecule has 1 aromatic carbocycles. The average molecular weight is 323 g/mol. The van der Waals surface area contributed by atoms with Crippen molar-refractivity contribution in [2.24, 2.45) is 0 Å². The fourth-order valence-corrected chi connectivity index (χ4v) is 2.79. The number of halogens is 1. The minimum atomic E-state index is -0.326. The normalized spacial score (nSPS) is 22.7. The topological polar surface area (TPSA) is 53.6 Å². The molecule has 2 amide bonds. The third-order valence-corrected chi connectivity index (χ3v) is 4.06. The molecule has 23 heavy (non-hydrogen) atoms. The maximum absolute atomic E-state index is 12.9. The lowest BCUT2D eigenvalue weighted by molar-refractivity contribution is -0.0947. The Morgan fingerprint density at radius 2 is 1.83 bits per heavy atom. The van der Waals surface area contributed by atoms with Gasteiger partial charge in [-0.1, -0.05) is 0 Å². The summed E-state index contributed by atoms with van der Waals surface area (Å²) in [7, 11) is 0. The predicted octanol–water partition coefficient (Wildman–Crippen LogP) is 2.84. The minimum absolute atomic E-state index is 0.174. The van der Waals surface area contributed by atoms with Crippen molar-refractivity contribution in [2.75, 3.05) is 25.0 Å². The first-order chi connectivity index (χ1) is 10.8. The van der Waals surface area contributed by atoms with Crippen LogP contribution in [0.1, 0.15) is 27.7 Å². The lowest BCUT2D eigenvalue weighted by Gasteiger charge is -2.45. The molecule has 6 heteroatoms. The van der Waals surface area contributed by atoms with Gasteiger partial charge in [-0.3, -0.25) is 4.90 Å². The highest BCUT2D eigenvalue weighted by molar-refractivity contribution is 5.89. The van der Waals surface area contributed by atoms with E-state index < -0.39 is 0 Å². The molecule has 0 saturated carbocycles. The van der Waals surface area contributed by atoms with Crippen molar-refractivity contribution in [3.05, 3.63) is 30.1 Å². The number of ether oxygens (including phenoxy) is 1. The summed E-state index contributed by atoms with van der Waals surface area (Å²) in [6.07, 6.45) is 0.372. The van der Waals surface area contributed by atoms with E-state index in [2.05, 4.69) is 43.2 Å². The van der Waals surface area contributed by atoms with E-state index in [1.165, 1.54) is 24.3 Å². The molecule has 1 saturated heterocycles. The van der Waals surface area contributed by atoms with E-state index in [1.807, 2.05) is 0 Å². The molecule has 0 bridgehead atoms. The molecule has 1 heterocycles. The summed E-state index contributed by atoms with van der Waals surface area (Å²) in [5.74, 6) is -0.326. The number of carbonyl (C=O) groups is 1. The van der Waals surface area contributed by atoms with Gasteiger partial charge in [0.1, 0.15) is 5.82 Å². The smallest absolute Gasteiger partial charge is 0.319 e. The van der Waals surface area contributed by atoms with Gasteiger partial charge in [0.25, 0.3) is 0 Å². The van der Waals surface area contributed by atoms with Gasteiger partial charge in [0, 0.05) is 30.9 Å². The van der Waals surface area contributed by atoms with Crippen LogP contribution < -0.4 is 10.6 Å². The summed E-state index contributed by atoms with van der Waals surface area (Å²) >= 11 is 0. The van der Waals surface area contributed by atoms with Gasteiger partial charge >= 0.3 is 6.03 Å². The van der Waals surface area contributed by atoms with Crippen molar-refractivity contribution in [1.82, 2.24) is 10.2 Å². The second-order valence-corrected chi connectivity index (χ2v) is 6.79. The summed E-state index contributed by atoms with van der Waals surface area (Å²) in [6, 6.07) is 5.40. The van der Waals surface area contributed by atoms with Crippen molar-refractivity contribution in [3.63, 3.8) is 0 Å². The van der Waals surface area contributed by atoms with Crippen LogP contribution in [0.15, 0.2) is 24.3 Å². The zero-order chi connectivity index (χ0) is 17.0. The van der Waals surface area contributed by atoms with Gasteiger partial charge in [-0.15, -0.1) is 0 Å². The fourth-order valence-electron chi connectivity index (χ4n) is 2.79. The Labute approximate surface area is 137 Å². The van der Waals surface area contributed by atoms with Crippen LogP contribution in [0.5, 0.6) is 0 Å². The highest BCUT2D eigenvalue weighted by Crippen LogP contribution is 2.20. The van der Waals surface area contributed by atoms with E-state index >= 15 is 0 Å². The second-order valence-electron chi connectivity index (χ2n) is 6.79. The molecular formula is C17H26FN3O2. The third kappa shape index (κ3) is 5.18. The maximum Gasteiger partial charge on any atom is 0.319 e. The predicted molar refractivity (Wildman–Crippen MR) is 89.1 cm³/mol. The molecule has 2 unspecified atom stereocenters. The summed E-state index contributed by atoms with van der Waals surface area (Å²) in [4.78, 5) is 14.3. The number of urea groups is 1. The van der Waals surface area contributed by atoms with Crippen molar-refractivity contribution in [1.29, 1.82) is 0 Å². The van der Waals surface area contributed by atoms with Crippen molar-refractivity contribution < 1.29 is 13.9 Å². The summed E-state index contributed by atoms with van der Waals surface area (Å²) in [6.45, 7) is 10.5. The van der Waals surface area contributed by atoms with Gasteiger partial charge in [0.15, 0.2) is 0 Å². The Morgan fingerprint density at radius 1 is 1.26 bits per heavy atom. The van der Waals surface area contributed by atoms with Gasteiger partial charge in [0.05, 0.1) is 12.2 Å². The van der Waals surface area contributed by atoms with E-state index in [4.69, 9.17) is 4.74 Å². The van der Waals surface area contributed by atoms with Gasteiger partial charge in [-0.05, 0) is 52.0 Å². The molecule has 0 radical (unpaired) electrons. The van der Waals surface area contributed by atoms with Crippen molar-refractivity contribution in [3.8, 4) is 0 Å². The van der Waals surface area contributed by atoms with Crippen LogP contribution in [0, 0.1) is 5.82 Å². The lowest BCUT2D eigenvalue weighted by Crippen LogP contribution is -2.58. The van der Waals surface area contributed by atoms with E-state index in [0.29, 0.717) is 12.2 Å². The van der Waals surface area contributed by atoms with Crippen LogP contribution in [0.25, 0.3) is 0 Å². The molecule has 2 N–H and O–H groups in total. The van der Waals surface area contributed by atoms with E-state index in [0.717, 1.165) is 13.1 Å². The quantitative estimate of drug-likeness (QED) is 0.896. The van der Waals surface area contributed by atoms with Gasteiger partial charge in [0.2, 0.25) is 0 Å². The van der Waals surface area contributed by atoms with Crippen LogP contribution in [0.3, 0.4) is 0 Å². The fraction of sp³-hybridized carbons (Fsp3) is 0.588. The zero-order valence-electron chi connectivity index (χ0n) is 14.2. The van der Waals surface area contributed by atoms with E-state index in [9.17, 15) is 9.18 Å². The standard InChI is InChI=1S/C17H26FN3O2/c1-12-9-21(10-13(2)23-12)17(3,4)11-19-16(22)20-15-7-5-14(18)6-8-15/h5-8,12-13H,9-11H2,1-4H3,(H2,19,20,22). The number of nitrogens with one attached hydrogen (secondary N) is 2. The highest BCUT2D eigenvalue weighted by Gasteiger charge is 2.33. The number of hydrogen-bond donors (Lipinski definition) is 2. The number of anilines is 1. The number of carbonyl (C=O) groups excluding carboxylic acids is 1. The minimum Gasteiger partial charge on any atom is -0.373 e. The number of morpholine rings is 1. The SMILES string of the molecule is CC1CN(C(C)(C)CNC(=O)Nc2ccc(F)cc2)CC(C)O1. The Hall–Kier alpha value is -1.66. The molecule has 1 aromatic rings. The van der Waals surface area contributed by atoms with Crippen LogP contribution in [0.2, 0.25) is 0 Å². The van der Waals surface area contributed by atoms with Gasteiger partial charge in [-0.2, -0.15) is 0 Å². The molecule has 2 rings (SSSR count). The summed E-state index contributed by atoms with van der Waals surface area (Å²) < 4.78 is 18.6. The van der Waals surface area contributed by atoms with E-state index in [-0.39, 0.29) is 29.6 Å². The molecule has 5 nitrogen and oxygen atoms in total. The molecule has 1 fully saturated rings. The van der Waals surface area contributed by atoms with E-state index in [1.54, 1.807) is 0 Å². The van der Waals surface area contributed by atoms with Crippen LogP contribution in [0.4, 0.5) is 14.9 Å². The van der Waals surface area contributed by atoms with Gasteiger partial charge < -0.3 is 15.4 Å². The molecular weight excluding hydrogens is 297 g/mol. The Kier molecular flexibility index (Phi) is 5.59. The van der Waals surface area contributed by atoms with Crippen LogP contribution in [-0.2, 0) is 4.74 Å². The van der Waals surface area contributed by atoms with Crippen LogP contribution >= 0.6 is 0 Å². The first-order valence-corrected chi connectivity index (χ1v) is 7.97. The average Bonchev–Trinajstić information content (AvgIpc) is 2.47. The van der Waals surface area contributed by atoms with Crippen molar-refractivity contribution in [2.45, 2.75) is 45.4 Å². The summed E-state index contributed by atoms with van der Waals surface area (Å²) in [5.41, 5.74) is 0.391. The number of amides is 2. The molecule has 0 aromatic heterocycles. The number of benzene rings is 1. The van der Waals surface area contributed by atoms with Gasteiger partial charge in [-0.25, -0.2) is 9.18 Å². The highest BCUT2D eigenvalue weighted by atomic mass is 19.1. The molecule has 0 spiro atoms. The molecule has 128 valence electrons.